The van der Waals surface area contributed by atoms with Gasteiger partial charge in [-0.25, -0.2) is 0 Å². The maximum atomic E-state index is 6.38. The Labute approximate surface area is 244 Å². The third-order valence-corrected chi connectivity index (χ3v) is 8.96. The second kappa shape index (κ2) is 8.80. The van der Waals surface area contributed by atoms with Crippen molar-refractivity contribution in [1.82, 2.24) is 0 Å². The number of fused-ring (bicyclic) bond motifs is 6. The van der Waals surface area contributed by atoms with Gasteiger partial charge in [0.25, 0.3) is 0 Å². The van der Waals surface area contributed by atoms with Crippen LogP contribution in [0.15, 0.2) is 144 Å². The first kappa shape index (κ1) is 23.3. The van der Waals surface area contributed by atoms with Crippen molar-refractivity contribution in [1.29, 1.82) is 0 Å². The van der Waals surface area contributed by atoms with E-state index in [0.717, 1.165) is 27.5 Å². The molecule has 0 spiro atoms. The fourth-order valence-electron chi connectivity index (χ4n) is 7.07. The molecular weight excluding hydrogens is 508 g/mol. The largest absolute Gasteiger partial charge is 0.456 e. The molecule has 42 heavy (non-hydrogen) atoms. The van der Waals surface area contributed by atoms with Crippen LogP contribution in [0.3, 0.4) is 0 Å². The second-order valence-electron chi connectivity index (χ2n) is 11.3. The lowest BCUT2D eigenvalue weighted by Gasteiger charge is -2.21. The third kappa shape index (κ3) is 3.25. The summed E-state index contributed by atoms with van der Waals surface area (Å²) in [5, 5.41) is 4.97. The Balaban J connectivity index is 1.45. The molecule has 1 heteroatoms. The normalized spacial score (nSPS) is 11.9. The van der Waals surface area contributed by atoms with E-state index in [1.165, 1.54) is 66.4 Å². The van der Waals surface area contributed by atoms with Crippen LogP contribution < -0.4 is 0 Å². The van der Waals surface area contributed by atoms with Gasteiger partial charge in [0.15, 0.2) is 0 Å². The maximum absolute atomic E-state index is 6.38. The van der Waals surface area contributed by atoms with E-state index in [2.05, 4.69) is 134 Å². The Morgan fingerprint density at radius 1 is 0.381 bits per heavy atom. The molecule has 0 amide bonds. The average molecular weight is 535 g/mol. The summed E-state index contributed by atoms with van der Waals surface area (Å²) in [6.07, 6.45) is 0. The highest BCUT2D eigenvalue weighted by molar-refractivity contribution is 6.23. The minimum atomic E-state index is 0.912. The van der Waals surface area contributed by atoms with Gasteiger partial charge in [-0.1, -0.05) is 115 Å². The first-order valence-corrected chi connectivity index (χ1v) is 14.5. The number of rotatable bonds is 3. The van der Waals surface area contributed by atoms with E-state index in [1.54, 1.807) is 0 Å². The number of aryl methyl sites for hydroxylation is 1. The molecule has 0 unspecified atom stereocenters. The number of hydrogen-bond donors (Lipinski definition) is 0. The molecular formula is C41H26O. The van der Waals surface area contributed by atoms with Gasteiger partial charge in [0, 0.05) is 10.8 Å². The lowest BCUT2D eigenvalue weighted by Crippen LogP contribution is -1.94. The standard InChI is InChI=1S/C41H26O/c1-25-19-21-33-39-29(25)16-10-17-32(39)41-38(27-13-6-3-7-14-27)35(24-34(40(33)41)26-11-4-2-5-12-26)28-20-22-31-30-15-8-9-18-36(30)42-37(31)23-28/h2-24H,1H3. The van der Waals surface area contributed by atoms with E-state index < -0.39 is 0 Å². The van der Waals surface area contributed by atoms with Gasteiger partial charge in [0.05, 0.1) is 0 Å². The van der Waals surface area contributed by atoms with Crippen LogP contribution in [-0.4, -0.2) is 0 Å². The molecule has 0 radical (unpaired) electrons. The number of para-hydroxylation sites is 1. The molecule has 1 aliphatic carbocycles. The van der Waals surface area contributed by atoms with Crippen molar-refractivity contribution in [3.05, 3.63) is 145 Å². The smallest absolute Gasteiger partial charge is 0.136 e. The second-order valence-corrected chi connectivity index (χ2v) is 11.3. The van der Waals surface area contributed by atoms with Gasteiger partial charge in [-0.15, -0.1) is 0 Å². The predicted molar refractivity (Wildman–Crippen MR) is 177 cm³/mol. The molecule has 1 heterocycles. The molecule has 0 atom stereocenters. The molecule has 0 saturated heterocycles. The van der Waals surface area contributed by atoms with Crippen LogP contribution in [0.5, 0.6) is 0 Å². The maximum Gasteiger partial charge on any atom is 0.136 e. The van der Waals surface area contributed by atoms with E-state index in [0.29, 0.717) is 0 Å². The molecule has 0 saturated carbocycles. The Morgan fingerprint density at radius 3 is 1.88 bits per heavy atom. The van der Waals surface area contributed by atoms with Crippen LogP contribution in [0, 0.1) is 6.92 Å². The van der Waals surface area contributed by atoms with E-state index in [-0.39, 0.29) is 0 Å². The molecule has 1 aliphatic rings. The van der Waals surface area contributed by atoms with Crippen molar-refractivity contribution < 1.29 is 4.42 Å². The molecule has 1 nitrogen and oxygen atoms in total. The van der Waals surface area contributed by atoms with E-state index >= 15 is 0 Å². The van der Waals surface area contributed by atoms with Gasteiger partial charge in [-0.2, -0.15) is 0 Å². The Bertz CT molecular complexity index is 2340. The van der Waals surface area contributed by atoms with Crippen LogP contribution >= 0.6 is 0 Å². The zero-order valence-corrected chi connectivity index (χ0v) is 23.2. The summed E-state index contributed by atoms with van der Waals surface area (Å²) in [5.74, 6) is 0. The van der Waals surface area contributed by atoms with Gasteiger partial charge in [0.1, 0.15) is 11.2 Å². The number of furan rings is 1. The molecule has 7 aromatic carbocycles. The van der Waals surface area contributed by atoms with Crippen molar-refractivity contribution in [2.75, 3.05) is 0 Å². The first-order valence-electron chi connectivity index (χ1n) is 14.5. The van der Waals surface area contributed by atoms with Crippen molar-refractivity contribution in [2.45, 2.75) is 6.92 Å². The van der Waals surface area contributed by atoms with Gasteiger partial charge in [-0.05, 0) is 103 Å². The van der Waals surface area contributed by atoms with Crippen molar-refractivity contribution in [3.8, 4) is 55.6 Å². The van der Waals surface area contributed by atoms with Gasteiger partial charge in [-0.3, -0.25) is 0 Å². The topological polar surface area (TPSA) is 13.1 Å². The predicted octanol–water partition coefficient (Wildman–Crippen LogP) is 11.7. The van der Waals surface area contributed by atoms with Crippen LogP contribution in [-0.2, 0) is 0 Å². The highest BCUT2D eigenvalue weighted by Gasteiger charge is 2.30. The fourth-order valence-corrected chi connectivity index (χ4v) is 7.07. The summed E-state index contributed by atoms with van der Waals surface area (Å²) in [6.45, 7) is 2.22. The lowest BCUT2D eigenvalue weighted by molar-refractivity contribution is 0.669. The quantitative estimate of drug-likeness (QED) is 0.220. The van der Waals surface area contributed by atoms with Crippen molar-refractivity contribution in [3.63, 3.8) is 0 Å². The molecule has 8 aromatic rings. The monoisotopic (exact) mass is 534 g/mol. The van der Waals surface area contributed by atoms with Crippen molar-refractivity contribution in [2.24, 2.45) is 0 Å². The summed E-state index contributed by atoms with van der Waals surface area (Å²) in [5.41, 5.74) is 15.7. The van der Waals surface area contributed by atoms with Crippen LogP contribution in [0.2, 0.25) is 0 Å². The van der Waals surface area contributed by atoms with Crippen LogP contribution in [0.4, 0.5) is 0 Å². The Kier molecular flexibility index (Phi) is 4.88. The first-order chi connectivity index (χ1) is 20.8. The zero-order valence-electron chi connectivity index (χ0n) is 23.2. The van der Waals surface area contributed by atoms with Gasteiger partial charge >= 0.3 is 0 Å². The Morgan fingerprint density at radius 2 is 1.05 bits per heavy atom. The van der Waals surface area contributed by atoms with E-state index in [9.17, 15) is 0 Å². The Hall–Kier alpha value is -5.40. The van der Waals surface area contributed by atoms with Crippen molar-refractivity contribution >= 4 is 32.7 Å². The summed E-state index contributed by atoms with van der Waals surface area (Å²) < 4.78 is 6.38. The highest BCUT2D eigenvalue weighted by atomic mass is 16.3. The molecule has 0 bridgehead atoms. The minimum Gasteiger partial charge on any atom is -0.456 e. The molecule has 0 aliphatic heterocycles. The molecule has 0 N–H and O–H groups in total. The third-order valence-electron chi connectivity index (χ3n) is 8.96. The average Bonchev–Trinajstić information content (AvgIpc) is 3.59. The molecule has 1 aromatic heterocycles. The zero-order chi connectivity index (χ0) is 27.8. The number of hydrogen-bond acceptors (Lipinski definition) is 1. The van der Waals surface area contributed by atoms with Crippen LogP contribution in [0.1, 0.15) is 5.56 Å². The number of benzene rings is 7. The molecule has 0 fully saturated rings. The van der Waals surface area contributed by atoms with Gasteiger partial charge in [0.2, 0.25) is 0 Å². The lowest BCUT2D eigenvalue weighted by atomic mass is 9.82. The summed E-state index contributed by atoms with van der Waals surface area (Å²) in [4.78, 5) is 0. The fraction of sp³-hybridized carbons (Fsp3) is 0.0244. The molecule has 9 rings (SSSR count). The van der Waals surface area contributed by atoms with Gasteiger partial charge < -0.3 is 4.42 Å². The SMILES string of the molecule is Cc1ccc2c3c(cccc13)-c1c(-c3ccccc3)c(-c3ccc4c(c3)oc3ccccc34)cc(-c3ccccc3)c1-2. The minimum absolute atomic E-state index is 0.912. The van der Waals surface area contributed by atoms with Crippen LogP contribution in [0.25, 0.3) is 88.3 Å². The summed E-state index contributed by atoms with van der Waals surface area (Å²) in [7, 11) is 0. The highest BCUT2D eigenvalue weighted by Crippen LogP contribution is 2.57. The summed E-state index contributed by atoms with van der Waals surface area (Å²) in [6, 6.07) is 50.5. The molecule has 196 valence electrons. The van der Waals surface area contributed by atoms with E-state index in [4.69, 9.17) is 4.42 Å². The summed E-state index contributed by atoms with van der Waals surface area (Å²) >= 11 is 0. The van der Waals surface area contributed by atoms with E-state index in [1.807, 2.05) is 12.1 Å².